The van der Waals surface area contributed by atoms with Gasteiger partial charge in [0, 0.05) is 55.3 Å². The molecule has 0 spiro atoms. The number of rotatable bonds is 20. The molecule has 2 aliphatic carbocycles. The Morgan fingerprint density at radius 2 is 1.77 bits per heavy atom. The lowest BCUT2D eigenvalue weighted by Gasteiger charge is -2.60. The first-order valence-corrected chi connectivity index (χ1v) is 25.0. The van der Waals surface area contributed by atoms with Crippen molar-refractivity contribution in [1.29, 1.82) is 5.26 Å². The highest BCUT2D eigenvalue weighted by Gasteiger charge is 2.65. The van der Waals surface area contributed by atoms with Crippen LogP contribution in [0.1, 0.15) is 109 Å². The van der Waals surface area contributed by atoms with Crippen LogP contribution in [-0.4, -0.2) is 76.3 Å². The molecule has 4 aliphatic rings. The maximum absolute atomic E-state index is 15.7. The molecule has 1 saturated heterocycles. The molecule has 12 heteroatoms. The van der Waals surface area contributed by atoms with Crippen molar-refractivity contribution in [3.05, 3.63) is 161 Å². The van der Waals surface area contributed by atoms with Crippen LogP contribution < -0.4 is 9.47 Å². The van der Waals surface area contributed by atoms with Crippen LogP contribution in [0.4, 0.5) is 0 Å². The summed E-state index contributed by atoms with van der Waals surface area (Å²) < 4.78 is 27.5. The van der Waals surface area contributed by atoms with Crippen LogP contribution in [0.25, 0.3) is 10.8 Å². The van der Waals surface area contributed by atoms with E-state index < -0.39 is 24.0 Å². The highest BCUT2D eigenvalue weighted by molar-refractivity contribution is 6.03. The number of aliphatic hydroxyl groups excluding tert-OH is 2. The minimum atomic E-state index is -1.50. The lowest BCUT2D eigenvalue weighted by Crippen LogP contribution is -2.70. The zero-order valence-corrected chi connectivity index (χ0v) is 40.1. The largest absolute Gasteiger partial charge is 0.487 e. The number of unbranched alkanes of at least 4 members (excludes halogenated alkanes) is 2. The average molecular weight is 945 g/mol. The Morgan fingerprint density at radius 3 is 2.54 bits per heavy atom. The van der Waals surface area contributed by atoms with E-state index in [0.29, 0.717) is 54.2 Å². The minimum Gasteiger partial charge on any atom is -0.487 e. The van der Waals surface area contributed by atoms with Gasteiger partial charge in [-0.1, -0.05) is 78.7 Å². The van der Waals surface area contributed by atoms with Crippen molar-refractivity contribution in [1.82, 2.24) is 9.88 Å². The Labute approximate surface area is 411 Å². The number of pyridine rings is 1. The van der Waals surface area contributed by atoms with Gasteiger partial charge in [0.1, 0.15) is 24.1 Å². The number of benzene rings is 4. The molecule has 3 heterocycles. The van der Waals surface area contributed by atoms with Crippen LogP contribution in [0.5, 0.6) is 11.5 Å². The van der Waals surface area contributed by atoms with Gasteiger partial charge >= 0.3 is 0 Å². The second-order valence-corrected chi connectivity index (χ2v) is 19.0. The number of allylic oxidation sites excluding steroid dienone is 1. The summed E-state index contributed by atoms with van der Waals surface area (Å²) in [5, 5.41) is 37.1. The number of aryl methyl sites for hydroxylation is 1. The number of hydrogen-bond acceptors (Lipinski definition) is 11. The summed E-state index contributed by atoms with van der Waals surface area (Å²) in [5.74, 6) is -1.18. The van der Waals surface area contributed by atoms with Gasteiger partial charge in [0.05, 0.1) is 42.2 Å². The molecule has 1 aromatic heterocycles. The fourth-order valence-electron chi connectivity index (χ4n) is 11.3. The van der Waals surface area contributed by atoms with E-state index in [-0.39, 0.29) is 63.1 Å². The van der Waals surface area contributed by atoms with E-state index in [9.17, 15) is 15.5 Å². The summed E-state index contributed by atoms with van der Waals surface area (Å²) in [6.45, 7) is 7.43. The number of aromatic nitrogens is 1. The number of fused-ring (bicyclic) bond motifs is 3. The van der Waals surface area contributed by atoms with Gasteiger partial charge < -0.3 is 38.9 Å². The number of carbonyl (C=O) groups excluding carboxylic acids is 1. The summed E-state index contributed by atoms with van der Waals surface area (Å²) in [6.07, 6.45) is 10.9. The van der Waals surface area contributed by atoms with Crippen molar-refractivity contribution >= 4 is 22.4 Å². The molecule has 2 N–H and O–H groups in total. The second kappa shape index (κ2) is 22.6. The van der Waals surface area contributed by atoms with Crippen LogP contribution in [0, 0.1) is 36.0 Å². The van der Waals surface area contributed by atoms with Crippen LogP contribution in [0.3, 0.4) is 0 Å². The third-order valence-corrected chi connectivity index (χ3v) is 14.5. The topological polar surface area (TPSA) is 156 Å². The van der Waals surface area contributed by atoms with E-state index >= 15 is 4.79 Å². The van der Waals surface area contributed by atoms with Crippen molar-refractivity contribution in [2.24, 2.45) is 22.9 Å². The number of ether oxygens (including phenoxy) is 4. The van der Waals surface area contributed by atoms with E-state index in [2.05, 4.69) is 49.1 Å². The summed E-state index contributed by atoms with van der Waals surface area (Å²) in [5.41, 5.74) is 6.11. The van der Waals surface area contributed by atoms with Crippen LogP contribution >= 0.6 is 0 Å². The normalized spacial score (nSPS) is 24.1. The van der Waals surface area contributed by atoms with Gasteiger partial charge in [-0.3, -0.25) is 9.78 Å². The third kappa shape index (κ3) is 10.4. The van der Waals surface area contributed by atoms with Crippen molar-refractivity contribution < 1.29 is 38.8 Å². The molecule has 70 heavy (non-hydrogen) atoms. The maximum atomic E-state index is 15.7. The fourth-order valence-corrected chi connectivity index (χ4v) is 11.3. The van der Waals surface area contributed by atoms with Gasteiger partial charge in [-0.05, 0) is 134 Å². The Bertz CT molecular complexity index is 2720. The number of hydrogen-bond donors (Lipinski definition) is 2. The van der Waals surface area contributed by atoms with Gasteiger partial charge in [-0.15, -0.1) is 6.58 Å². The van der Waals surface area contributed by atoms with Gasteiger partial charge in [-0.2, -0.15) is 5.26 Å². The SMILES string of the molecule is C=CCOC12Oc3ccc(OCc4cccc(C)n4)cc3C3C(CCCCO)C(CCCCO)C=C(C(=NOC4CCCCO4)CC1N(Cc1cccc4ccccc14)C(=O)c1ccc(C#N)cc1)C32. The number of carbonyl (C=O) groups is 1. The number of aliphatic hydroxyl groups is 2. The molecule has 0 radical (unpaired) electrons. The molecule has 9 rings (SSSR count). The number of nitriles is 1. The van der Waals surface area contributed by atoms with E-state index in [1.165, 1.54) is 0 Å². The van der Waals surface area contributed by atoms with Crippen molar-refractivity contribution in [3.8, 4) is 17.6 Å². The maximum Gasteiger partial charge on any atom is 0.254 e. The highest BCUT2D eigenvalue weighted by atomic mass is 16.8. The number of oxime groups is 1. The highest BCUT2D eigenvalue weighted by Crippen LogP contribution is 2.62. The summed E-state index contributed by atoms with van der Waals surface area (Å²) in [6, 6.07) is 34.4. The molecule has 7 unspecified atom stereocenters. The molecule has 1 amide bonds. The quantitative estimate of drug-likeness (QED) is 0.0437. The third-order valence-electron chi connectivity index (χ3n) is 14.5. The first-order valence-electron chi connectivity index (χ1n) is 25.0. The van der Waals surface area contributed by atoms with Crippen LogP contribution in [0.2, 0.25) is 0 Å². The lowest BCUT2D eigenvalue weighted by atomic mass is 9.55. The van der Waals surface area contributed by atoms with Crippen LogP contribution in [-0.2, 0) is 27.5 Å². The zero-order chi connectivity index (χ0) is 48.5. The predicted molar refractivity (Wildman–Crippen MR) is 268 cm³/mol. The summed E-state index contributed by atoms with van der Waals surface area (Å²) in [4.78, 5) is 28.7. The molecular formula is C58H64N4O8. The van der Waals surface area contributed by atoms with Crippen molar-refractivity contribution in [2.75, 3.05) is 26.4 Å². The first-order chi connectivity index (χ1) is 34.3. The molecule has 7 atom stereocenters. The van der Waals surface area contributed by atoms with Gasteiger partial charge in [0.25, 0.3) is 5.91 Å². The zero-order valence-electron chi connectivity index (χ0n) is 40.1. The Hall–Kier alpha value is -6.36. The Balaban J connectivity index is 1.27. The number of nitrogens with zero attached hydrogens (tertiary/aromatic N) is 4. The fraction of sp³-hybridized carbons (Fsp3) is 0.414. The molecule has 12 nitrogen and oxygen atoms in total. The summed E-state index contributed by atoms with van der Waals surface area (Å²) in [7, 11) is 0. The molecule has 4 aromatic carbocycles. The monoisotopic (exact) mass is 944 g/mol. The van der Waals surface area contributed by atoms with E-state index in [1.54, 1.807) is 30.3 Å². The van der Waals surface area contributed by atoms with E-state index in [1.807, 2.05) is 60.4 Å². The molecule has 1 saturated carbocycles. The average Bonchev–Trinajstić information content (AvgIpc) is 3.39. The second-order valence-electron chi connectivity index (χ2n) is 19.0. The van der Waals surface area contributed by atoms with Gasteiger partial charge in [0.2, 0.25) is 12.1 Å². The smallest absolute Gasteiger partial charge is 0.254 e. The van der Waals surface area contributed by atoms with Gasteiger partial charge in [0.15, 0.2) is 0 Å². The molecular weight excluding hydrogens is 881 g/mol. The minimum absolute atomic E-state index is 0.0189. The molecule has 5 aromatic rings. The summed E-state index contributed by atoms with van der Waals surface area (Å²) >= 11 is 0. The lowest BCUT2D eigenvalue weighted by molar-refractivity contribution is -0.255. The van der Waals surface area contributed by atoms with Crippen LogP contribution in [0.15, 0.2) is 133 Å². The van der Waals surface area contributed by atoms with Crippen molar-refractivity contribution in [2.45, 2.75) is 108 Å². The molecule has 0 bridgehead atoms. The predicted octanol–water partition coefficient (Wildman–Crippen LogP) is 10.5. The molecule has 364 valence electrons. The van der Waals surface area contributed by atoms with E-state index in [4.69, 9.17) is 33.9 Å². The van der Waals surface area contributed by atoms with E-state index in [0.717, 1.165) is 77.4 Å². The molecule has 2 aliphatic heterocycles. The van der Waals surface area contributed by atoms with Crippen molar-refractivity contribution in [3.63, 3.8) is 0 Å². The molecule has 2 fully saturated rings. The first kappa shape index (κ1) is 48.7. The van der Waals surface area contributed by atoms with Gasteiger partial charge in [-0.25, -0.2) is 0 Å². The number of amides is 1. The Kier molecular flexibility index (Phi) is 15.7. The Morgan fingerprint density at radius 1 is 0.971 bits per heavy atom. The standard InChI is InChI=1S/C58H64N4O8/c1-3-31-68-58-53(62(57(65)42-25-23-40(36-59)24-26-42)37-44-18-13-17-41-15-4-5-20-47(41)44)35-51(61-70-54-22-8-11-32-66-54)49-33-43(16-6-9-29-63)48(21-7-10-30-64)55(56(49)58)50-34-46(27-28-52(50)69-58)67-38-45-19-12-14-39(2)60-45/h3-5,12-15,17-20,23-28,33-34,43,48,53-56,63-64H,1,6-11,16,21-22,29-32,35,37-38H2,2H3.